The van der Waals surface area contributed by atoms with Crippen molar-refractivity contribution in [2.24, 2.45) is 0 Å². The molecule has 0 fully saturated rings. The third kappa shape index (κ3) is 1.86. The number of hydrogen-bond donors (Lipinski definition) is 0. The highest BCUT2D eigenvalue weighted by Crippen LogP contribution is 2.21. The number of hydrogen-bond acceptors (Lipinski definition) is 2. The van der Waals surface area contributed by atoms with Crippen molar-refractivity contribution < 1.29 is 0 Å². The van der Waals surface area contributed by atoms with Gasteiger partial charge in [0, 0.05) is 17.1 Å². The van der Waals surface area contributed by atoms with E-state index in [0.717, 1.165) is 22.3 Å². The fraction of sp³-hybridized carbons (Fsp3) is 0.125. The van der Waals surface area contributed by atoms with Gasteiger partial charge >= 0.3 is 0 Å². The molecule has 2 aromatic carbocycles. The zero-order valence-corrected chi connectivity index (χ0v) is 10.5. The number of fused-ring (bicyclic) bond motifs is 1. The zero-order chi connectivity index (χ0) is 12.5. The van der Waals surface area contributed by atoms with E-state index in [1.54, 1.807) is 0 Å². The minimum atomic E-state index is 0.787. The topological polar surface area (TPSA) is 25.8 Å². The third-order valence-electron chi connectivity index (χ3n) is 3.05. The van der Waals surface area contributed by atoms with Crippen LogP contribution in [-0.2, 0) is 0 Å². The van der Waals surface area contributed by atoms with Crippen LogP contribution in [0.1, 0.15) is 11.1 Å². The molecule has 0 radical (unpaired) electrons. The molecule has 88 valence electrons. The Kier molecular flexibility index (Phi) is 2.56. The van der Waals surface area contributed by atoms with Crippen LogP contribution in [0.5, 0.6) is 0 Å². The molecule has 0 N–H and O–H groups in total. The summed E-state index contributed by atoms with van der Waals surface area (Å²) in [5.41, 5.74) is 4.54. The molecule has 0 saturated carbocycles. The highest BCUT2D eigenvalue weighted by Gasteiger charge is 2.05. The second-order valence-electron chi connectivity index (χ2n) is 4.58. The molecular formula is C16H14N2. The Morgan fingerprint density at radius 3 is 2.50 bits per heavy atom. The van der Waals surface area contributed by atoms with Crippen LogP contribution < -0.4 is 0 Å². The minimum absolute atomic E-state index is 0.787. The van der Waals surface area contributed by atoms with E-state index >= 15 is 0 Å². The van der Waals surface area contributed by atoms with E-state index in [2.05, 4.69) is 35.9 Å². The number of aryl methyl sites for hydroxylation is 2. The van der Waals surface area contributed by atoms with E-state index in [0.29, 0.717) is 0 Å². The first-order chi connectivity index (χ1) is 8.74. The summed E-state index contributed by atoms with van der Waals surface area (Å²) in [5, 5.41) is 1.10. The molecule has 2 heteroatoms. The fourth-order valence-electron chi connectivity index (χ4n) is 2.24. The Morgan fingerprint density at radius 2 is 1.72 bits per heavy atom. The molecule has 0 amide bonds. The van der Waals surface area contributed by atoms with Gasteiger partial charge in [0.15, 0.2) is 5.82 Å². The molecule has 0 saturated heterocycles. The van der Waals surface area contributed by atoms with Crippen molar-refractivity contribution in [1.82, 2.24) is 9.97 Å². The second kappa shape index (κ2) is 4.22. The van der Waals surface area contributed by atoms with Gasteiger partial charge in [-0.05, 0) is 25.5 Å². The average molecular weight is 234 g/mol. The SMILES string of the molecule is Cc1cc(C)c2nc(-c3ccccc3)ncc2c1. The van der Waals surface area contributed by atoms with Crippen molar-refractivity contribution in [3.05, 3.63) is 59.8 Å². The second-order valence-corrected chi connectivity index (χ2v) is 4.58. The van der Waals surface area contributed by atoms with Crippen LogP contribution >= 0.6 is 0 Å². The number of rotatable bonds is 1. The first-order valence-corrected chi connectivity index (χ1v) is 6.03. The molecule has 1 heterocycles. The maximum atomic E-state index is 4.68. The number of nitrogens with zero attached hydrogens (tertiary/aromatic N) is 2. The fourth-order valence-corrected chi connectivity index (χ4v) is 2.24. The highest BCUT2D eigenvalue weighted by atomic mass is 14.9. The van der Waals surface area contributed by atoms with Gasteiger partial charge in [-0.1, -0.05) is 42.0 Å². The quantitative estimate of drug-likeness (QED) is 0.638. The van der Waals surface area contributed by atoms with Crippen molar-refractivity contribution in [1.29, 1.82) is 0 Å². The zero-order valence-electron chi connectivity index (χ0n) is 10.5. The summed E-state index contributed by atoms with van der Waals surface area (Å²) in [6.45, 7) is 4.19. The normalized spacial score (nSPS) is 10.8. The average Bonchev–Trinajstić information content (AvgIpc) is 2.39. The number of benzene rings is 2. The van der Waals surface area contributed by atoms with Crippen LogP contribution in [-0.4, -0.2) is 9.97 Å². The van der Waals surface area contributed by atoms with Crippen LogP contribution in [0.15, 0.2) is 48.7 Å². The van der Waals surface area contributed by atoms with Crippen molar-refractivity contribution in [2.45, 2.75) is 13.8 Å². The molecule has 0 aliphatic heterocycles. The van der Waals surface area contributed by atoms with Gasteiger partial charge in [-0.2, -0.15) is 0 Å². The van der Waals surface area contributed by atoms with E-state index in [-0.39, 0.29) is 0 Å². The van der Waals surface area contributed by atoms with Gasteiger partial charge < -0.3 is 0 Å². The van der Waals surface area contributed by atoms with Crippen molar-refractivity contribution in [3.63, 3.8) is 0 Å². The first-order valence-electron chi connectivity index (χ1n) is 6.03. The van der Waals surface area contributed by atoms with E-state index in [4.69, 9.17) is 0 Å². The van der Waals surface area contributed by atoms with Crippen molar-refractivity contribution in [2.75, 3.05) is 0 Å². The van der Waals surface area contributed by atoms with Crippen molar-refractivity contribution in [3.8, 4) is 11.4 Å². The van der Waals surface area contributed by atoms with Gasteiger partial charge in [0.2, 0.25) is 0 Å². The van der Waals surface area contributed by atoms with Crippen LogP contribution in [0.3, 0.4) is 0 Å². The summed E-state index contributed by atoms with van der Waals surface area (Å²) in [4.78, 5) is 9.12. The molecule has 2 nitrogen and oxygen atoms in total. The lowest BCUT2D eigenvalue weighted by molar-refractivity contribution is 1.21. The Balaban J connectivity index is 2.23. The lowest BCUT2D eigenvalue weighted by Crippen LogP contribution is -1.92. The molecule has 3 rings (SSSR count). The molecule has 0 aliphatic rings. The minimum Gasteiger partial charge on any atom is -0.236 e. The molecule has 18 heavy (non-hydrogen) atoms. The Bertz CT molecular complexity index is 703. The predicted octanol–water partition coefficient (Wildman–Crippen LogP) is 3.91. The van der Waals surface area contributed by atoms with E-state index < -0.39 is 0 Å². The van der Waals surface area contributed by atoms with Crippen LogP contribution in [0.4, 0.5) is 0 Å². The van der Waals surface area contributed by atoms with E-state index in [9.17, 15) is 0 Å². The van der Waals surface area contributed by atoms with Gasteiger partial charge in [-0.15, -0.1) is 0 Å². The molecule has 1 aromatic heterocycles. The lowest BCUT2D eigenvalue weighted by atomic mass is 10.1. The Hall–Kier alpha value is -2.22. The largest absolute Gasteiger partial charge is 0.236 e. The molecular weight excluding hydrogens is 220 g/mol. The molecule has 3 aromatic rings. The van der Waals surface area contributed by atoms with Crippen LogP contribution in [0, 0.1) is 13.8 Å². The summed E-state index contributed by atoms with van der Waals surface area (Å²) in [6, 6.07) is 14.4. The molecule has 0 aliphatic carbocycles. The molecule has 0 spiro atoms. The summed E-state index contributed by atoms with van der Waals surface area (Å²) < 4.78 is 0. The van der Waals surface area contributed by atoms with Crippen LogP contribution in [0.25, 0.3) is 22.3 Å². The molecule has 0 unspecified atom stereocenters. The molecule has 0 bridgehead atoms. The smallest absolute Gasteiger partial charge is 0.159 e. The van der Waals surface area contributed by atoms with Gasteiger partial charge in [0.1, 0.15) is 0 Å². The monoisotopic (exact) mass is 234 g/mol. The summed E-state index contributed by atoms with van der Waals surface area (Å²) in [5.74, 6) is 0.787. The Morgan fingerprint density at radius 1 is 0.944 bits per heavy atom. The standard InChI is InChI=1S/C16H14N2/c1-11-8-12(2)15-14(9-11)10-17-16(18-15)13-6-4-3-5-7-13/h3-10H,1-2H3. The lowest BCUT2D eigenvalue weighted by Gasteiger charge is -2.05. The summed E-state index contributed by atoms with van der Waals surface area (Å²) in [6.07, 6.45) is 1.91. The van der Waals surface area contributed by atoms with Gasteiger partial charge in [0.25, 0.3) is 0 Å². The Labute approximate surface area is 106 Å². The van der Waals surface area contributed by atoms with Crippen molar-refractivity contribution >= 4 is 10.9 Å². The summed E-state index contributed by atoms with van der Waals surface area (Å²) in [7, 11) is 0. The van der Waals surface area contributed by atoms with E-state index in [1.807, 2.05) is 36.5 Å². The van der Waals surface area contributed by atoms with Crippen LogP contribution in [0.2, 0.25) is 0 Å². The predicted molar refractivity (Wildman–Crippen MR) is 74.4 cm³/mol. The van der Waals surface area contributed by atoms with Gasteiger partial charge in [-0.3, -0.25) is 0 Å². The van der Waals surface area contributed by atoms with Gasteiger partial charge in [0.05, 0.1) is 5.52 Å². The third-order valence-corrected chi connectivity index (χ3v) is 3.05. The van der Waals surface area contributed by atoms with Gasteiger partial charge in [-0.25, -0.2) is 9.97 Å². The maximum Gasteiger partial charge on any atom is 0.159 e. The van der Waals surface area contributed by atoms with E-state index in [1.165, 1.54) is 11.1 Å². The number of aromatic nitrogens is 2. The molecule has 0 atom stereocenters. The first kappa shape index (κ1) is 10.9. The summed E-state index contributed by atoms with van der Waals surface area (Å²) >= 11 is 0. The maximum absolute atomic E-state index is 4.68. The highest BCUT2D eigenvalue weighted by molar-refractivity contribution is 5.83.